The third-order valence-corrected chi connectivity index (χ3v) is 1.43. The summed E-state index contributed by atoms with van der Waals surface area (Å²) in [5, 5.41) is 8.53. The summed E-state index contributed by atoms with van der Waals surface area (Å²) in [4.78, 5) is 10.4. The highest BCUT2D eigenvalue weighted by Gasteiger charge is 2.09. The third kappa shape index (κ3) is 1.21. The monoisotopic (exact) mass is 137 g/mol. The lowest BCUT2D eigenvalue weighted by Gasteiger charge is -2.06. The molecule has 0 aromatic carbocycles. The van der Waals surface area contributed by atoms with E-state index in [1.54, 1.807) is 36.9 Å². The summed E-state index contributed by atoms with van der Waals surface area (Å²) < 4.78 is 1.64. The van der Waals surface area contributed by atoms with Gasteiger partial charge in [-0.25, -0.2) is 0 Å². The summed E-state index contributed by atoms with van der Waals surface area (Å²) >= 11 is 0. The molecule has 1 rings (SSSR count). The average molecular weight is 137 g/mol. The molecule has 0 aliphatic rings. The maximum Gasteiger partial charge on any atom is 0.317 e. The van der Waals surface area contributed by atoms with E-state index in [0.29, 0.717) is 0 Å². The number of aromatic nitrogens is 1. The molecule has 0 fully saturated rings. The predicted octanol–water partition coefficient (Wildman–Crippen LogP) is -0.296. The maximum absolute atomic E-state index is 10.4. The number of hydrogen-bond donors (Lipinski definition) is 1. The van der Waals surface area contributed by atoms with E-state index in [0.717, 1.165) is 0 Å². The number of carbonyl (C=O) groups is 1. The first-order valence-corrected chi connectivity index (χ1v) is 3.07. The van der Waals surface area contributed by atoms with Gasteiger partial charge in [-0.05, 0) is 12.1 Å². The van der Waals surface area contributed by atoms with Gasteiger partial charge in [-0.2, -0.15) is 0 Å². The van der Waals surface area contributed by atoms with E-state index < -0.39 is 11.9 Å². The van der Waals surface area contributed by atoms with E-state index in [9.17, 15) is 4.79 Å². The molecule has 0 spiro atoms. The van der Waals surface area contributed by atoms with Gasteiger partial charge in [0.25, 0.3) is 0 Å². The van der Waals surface area contributed by atoms with Crippen LogP contribution >= 0.6 is 0 Å². The quantitative estimate of drug-likeness (QED) is 0.568. The van der Waals surface area contributed by atoms with Crippen LogP contribution in [0.2, 0.25) is 0 Å². The lowest BCUT2D eigenvalue weighted by Crippen LogP contribution is -2.17. The molecule has 1 aromatic rings. The zero-order valence-corrected chi connectivity index (χ0v) is 5.69. The van der Waals surface area contributed by atoms with Crippen molar-refractivity contribution >= 4 is 13.8 Å². The highest BCUT2D eigenvalue weighted by atomic mass is 16.4. The number of hydrogen-bond acceptors (Lipinski definition) is 1. The summed E-state index contributed by atoms with van der Waals surface area (Å²) in [6, 6.07) is 3.61. The number of carboxylic acid groups (broad SMARTS) is 1. The van der Waals surface area contributed by atoms with Crippen LogP contribution in [0.25, 0.3) is 0 Å². The molecule has 0 radical (unpaired) electrons. The summed E-state index contributed by atoms with van der Waals surface area (Å²) in [7, 11) is 1.64. The Hall–Kier alpha value is -1.19. The van der Waals surface area contributed by atoms with E-state index in [4.69, 9.17) is 5.11 Å². The zero-order valence-electron chi connectivity index (χ0n) is 5.69. The van der Waals surface area contributed by atoms with Gasteiger partial charge in [0.15, 0.2) is 0 Å². The second kappa shape index (κ2) is 2.60. The second-order valence-corrected chi connectivity index (χ2v) is 2.14. The van der Waals surface area contributed by atoms with Crippen molar-refractivity contribution in [2.24, 2.45) is 0 Å². The topological polar surface area (TPSA) is 42.2 Å². The summed E-state index contributed by atoms with van der Waals surface area (Å²) in [6.07, 6.45) is 3.47. The van der Waals surface area contributed by atoms with Crippen LogP contribution in [0.15, 0.2) is 24.5 Å². The summed E-state index contributed by atoms with van der Waals surface area (Å²) in [5.74, 6) is -1.27. The molecular formula is C6H8BNO2. The molecule has 1 N–H and O–H groups in total. The molecule has 52 valence electrons. The predicted molar refractivity (Wildman–Crippen MR) is 39.6 cm³/mol. The first-order valence-electron chi connectivity index (χ1n) is 3.07. The van der Waals surface area contributed by atoms with E-state index in [-0.39, 0.29) is 0 Å². The minimum atomic E-state index is -0.809. The number of nitrogens with zero attached hydrogens (tertiary/aromatic N) is 1. The molecule has 1 unspecified atom stereocenters. The Kier molecular flexibility index (Phi) is 1.80. The van der Waals surface area contributed by atoms with Gasteiger partial charge in [-0.15, -0.1) is 0 Å². The molecule has 4 heteroatoms. The highest BCUT2D eigenvalue weighted by Crippen LogP contribution is 2.00. The Bertz CT molecular complexity index is 220. The van der Waals surface area contributed by atoms with Gasteiger partial charge in [0.1, 0.15) is 7.85 Å². The summed E-state index contributed by atoms with van der Waals surface area (Å²) in [6.45, 7) is 0. The van der Waals surface area contributed by atoms with E-state index in [1.165, 1.54) is 0 Å². The Morgan fingerprint density at radius 2 is 2.00 bits per heavy atom. The minimum absolute atomic E-state index is 0.463. The van der Waals surface area contributed by atoms with Crippen molar-refractivity contribution in [3.8, 4) is 0 Å². The van der Waals surface area contributed by atoms with Gasteiger partial charge in [0.2, 0.25) is 0 Å². The molecule has 1 aromatic heterocycles. The molecule has 3 nitrogen and oxygen atoms in total. The number of carboxylic acids is 1. The maximum atomic E-state index is 10.4. The minimum Gasteiger partial charge on any atom is -0.480 e. The van der Waals surface area contributed by atoms with Crippen molar-refractivity contribution in [3.05, 3.63) is 24.5 Å². The molecule has 10 heavy (non-hydrogen) atoms. The number of rotatable bonds is 2. The molecule has 1 atom stereocenters. The Morgan fingerprint density at radius 3 is 2.40 bits per heavy atom. The molecular weight excluding hydrogens is 129 g/mol. The van der Waals surface area contributed by atoms with Crippen LogP contribution in [0.4, 0.5) is 0 Å². The lowest BCUT2D eigenvalue weighted by molar-refractivity contribution is -0.138. The second-order valence-electron chi connectivity index (χ2n) is 2.14. The molecule has 0 amide bonds. The van der Waals surface area contributed by atoms with Crippen LogP contribution in [0.1, 0.15) is 5.94 Å². The molecule has 1 heterocycles. The van der Waals surface area contributed by atoms with Crippen molar-refractivity contribution < 1.29 is 9.90 Å². The molecule has 0 saturated heterocycles. The van der Waals surface area contributed by atoms with Crippen LogP contribution in [-0.4, -0.2) is 23.5 Å². The van der Waals surface area contributed by atoms with Crippen molar-refractivity contribution in [3.63, 3.8) is 0 Å². The molecule has 0 aliphatic heterocycles. The lowest BCUT2D eigenvalue weighted by atomic mass is 9.97. The van der Waals surface area contributed by atoms with Crippen molar-refractivity contribution in [2.75, 3.05) is 0 Å². The first kappa shape index (κ1) is 6.93. The Labute approximate surface area is 59.7 Å². The fourth-order valence-electron chi connectivity index (χ4n) is 0.734. The van der Waals surface area contributed by atoms with E-state index in [1.807, 2.05) is 0 Å². The fourth-order valence-corrected chi connectivity index (χ4v) is 0.734. The van der Waals surface area contributed by atoms with E-state index >= 15 is 0 Å². The average Bonchev–Trinajstić information content (AvgIpc) is 2.36. The third-order valence-electron chi connectivity index (χ3n) is 1.43. The first-order chi connectivity index (χ1) is 4.72. The van der Waals surface area contributed by atoms with Gasteiger partial charge in [-0.3, -0.25) is 4.79 Å². The van der Waals surface area contributed by atoms with Gasteiger partial charge < -0.3 is 9.67 Å². The summed E-state index contributed by atoms with van der Waals surface area (Å²) in [5.41, 5.74) is 0. The van der Waals surface area contributed by atoms with Crippen molar-refractivity contribution in [1.29, 1.82) is 0 Å². The number of aliphatic carboxylic acids is 1. The van der Waals surface area contributed by atoms with Crippen LogP contribution < -0.4 is 0 Å². The van der Waals surface area contributed by atoms with E-state index in [2.05, 4.69) is 0 Å². The standard InChI is InChI=1S/C6H8BNO2/c7-5(6(9)10)8-3-1-2-4-8/h1-5H,7H2,(H,9,10). The zero-order chi connectivity index (χ0) is 7.56. The SMILES string of the molecule is BC(C(=O)O)n1cccc1. The van der Waals surface area contributed by atoms with Crippen molar-refractivity contribution in [2.45, 2.75) is 5.94 Å². The Morgan fingerprint density at radius 1 is 1.50 bits per heavy atom. The van der Waals surface area contributed by atoms with Crippen molar-refractivity contribution in [1.82, 2.24) is 4.57 Å². The molecule has 0 saturated carbocycles. The Balaban J connectivity index is 2.77. The van der Waals surface area contributed by atoms with Crippen LogP contribution in [0.5, 0.6) is 0 Å². The van der Waals surface area contributed by atoms with Gasteiger partial charge in [-0.1, -0.05) is 0 Å². The van der Waals surface area contributed by atoms with Crippen LogP contribution in [0.3, 0.4) is 0 Å². The van der Waals surface area contributed by atoms with Gasteiger partial charge >= 0.3 is 5.97 Å². The van der Waals surface area contributed by atoms with Gasteiger partial charge in [0, 0.05) is 12.4 Å². The fraction of sp³-hybridized carbons (Fsp3) is 0.167. The largest absolute Gasteiger partial charge is 0.480 e. The normalized spacial score (nSPS) is 12.8. The molecule has 0 aliphatic carbocycles. The highest BCUT2D eigenvalue weighted by molar-refractivity contribution is 6.20. The van der Waals surface area contributed by atoms with Gasteiger partial charge in [0.05, 0.1) is 5.94 Å². The smallest absolute Gasteiger partial charge is 0.317 e. The van der Waals surface area contributed by atoms with Crippen LogP contribution in [0, 0.1) is 0 Å². The molecule has 0 bridgehead atoms. The van der Waals surface area contributed by atoms with Crippen LogP contribution in [-0.2, 0) is 4.79 Å².